The minimum Gasteiger partial charge on any atom is -0.353 e. The molecule has 0 aliphatic carbocycles. The molecule has 112 valence electrons. The SMILES string of the molecule is CS(=O)(=O)N1CCN(c2ncccc2C(F)(F)F)CC1. The molecule has 1 aliphatic heterocycles. The summed E-state index contributed by atoms with van der Waals surface area (Å²) in [4.78, 5) is 5.26. The van der Waals surface area contributed by atoms with Crippen LogP contribution < -0.4 is 4.90 Å². The van der Waals surface area contributed by atoms with Gasteiger partial charge in [0, 0.05) is 32.4 Å². The maximum atomic E-state index is 12.9. The molecule has 1 aromatic rings. The van der Waals surface area contributed by atoms with Crippen molar-refractivity contribution in [3.05, 3.63) is 23.9 Å². The van der Waals surface area contributed by atoms with Crippen LogP contribution in [0.1, 0.15) is 5.56 Å². The van der Waals surface area contributed by atoms with E-state index in [1.807, 2.05) is 0 Å². The number of alkyl halides is 3. The average molecular weight is 309 g/mol. The van der Waals surface area contributed by atoms with Crippen molar-refractivity contribution in [1.82, 2.24) is 9.29 Å². The normalized spacial score (nSPS) is 18.3. The lowest BCUT2D eigenvalue weighted by Crippen LogP contribution is -2.49. The molecule has 1 aromatic heterocycles. The van der Waals surface area contributed by atoms with Crippen LogP contribution in [0.15, 0.2) is 18.3 Å². The van der Waals surface area contributed by atoms with Crippen LogP contribution in [0.3, 0.4) is 0 Å². The Labute approximate surface area is 115 Å². The smallest absolute Gasteiger partial charge is 0.353 e. The molecule has 0 atom stereocenters. The van der Waals surface area contributed by atoms with Gasteiger partial charge in [-0.3, -0.25) is 0 Å². The van der Waals surface area contributed by atoms with Gasteiger partial charge in [-0.15, -0.1) is 0 Å². The summed E-state index contributed by atoms with van der Waals surface area (Å²) in [5, 5.41) is 0. The van der Waals surface area contributed by atoms with Gasteiger partial charge in [-0.2, -0.15) is 17.5 Å². The number of halogens is 3. The zero-order chi connectivity index (χ0) is 15.0. The third-order valence-electron chi connectivity index (χ3n) is 3.10. The number of anilines is 1. The van der Waals surface area contributed by atoms with Gasteiger partial charge in [-0.25, -0.2) is 13.4 Å². The number of nitrogens with zero attached hydrogens (tertiary/aromatic N) is 3. The molecule has 1 fully saturated rings. The van der Waals surface area contributed by atoms with Crippen LogP contribution in [0.5, 0.6) is 0 Å². The Morgan fingerprint density at radius 1 is 1.20 bits per heavy atom. The zero-order valence-electron chi connectivity index (χ0n) is 10.8. The van der Waals surface area contributed by atoms with E-state index in [4.69, 9.17) is 0 Å². The van der Waals surface area contributed by atoms with E-state index in [0.717, 1.165) is 12.3 Å². The standard InChI is InChI=1S/C11H14F3N3O2S/c1-20(18,19)17-7-5-16(6-8-17)10-9(11(12,13)14)3-2-4-15-10/h2-4H,5-8H2,1H3. The molecule has 0 radical (unpaired) electrons. The van der Waals surface area contributed by atoms with Crippen molar-refractivity contribution in [3.63, 3.8) is 0 Å². The second-order valence-corrected chi connectivity index (χ2v) is 6.50. The van der Waals surface area contributed by atoms with Crippen LogP contribution in [0, 0.1) is 0 Å². The van der Waals surface area contributed by atoms with Crippen molar-refractivity contribution in [3.8, 4) is 0 Å². The number of piperazine rings is 1. The molecule has 20 heavy (non-hydrogen) atoms. The van der Waals surface area contributed by atoms with Crippen molar-refractivity contribution in [2.24, 2.45) is 0 Å². The largest absolute Gasteiger partial charge is 0.419 e. The second-order valence-electron chi connectivity index (χ2n) is 4.52. The van der Waals surface area contributed by atoms with Gasteiger partial charge >= 0.3 is 6.18 Å². The first kappa shape index (κ1) is 15.0. The maximum Gasteiger partial charge on any atom is 0.419 e. The fourth-order valence-electron chi connectivity index (χ4n) is 2.10. The Balaban J connectivity index is 2.20. The summed E-state index contributed by atoms with van der Waals surface area (Å²) in [7, 11) is -3.31. The van der Waals surface area contributed by atoms with Crippen LogP contribution >= 0.6 is 0 Å². The fraction of sp³-hybridized carbons (Fsp3) is 0.545. The van der Waals surface area contributed by atoms with Crippen LogP contribution in [0.4, 0.5) is 19.0 Å². The fourth-order valence-corrected chi connectivity index (χ4v) is 2.93. The van der Waals surface area contributed by atoms with Crippen molar-refractivity contribution in [1.29, 1.82) is 0 Å². The van der Waals surface area contributed by atoms with E-state index in [9.17, 15) is 21.6 Å². The summed E-state index contributed by atoms with van der Waals surface area (Å²) in [6.45, 7) is 0.694. The number of hydrogen-bond donors (Lipinski definition) is 0. The van der Waals surface area contributed by atoms with Crippen molar-refractivity contribution >= 4 is 15.8 Å². The number of hydrogen-bond acceptors (Lipinski definition) is 4. The maximum absolute atomic E-state index is 12.9. The molecule has 0 saturated carbocycles. The van der Waals surface area contributed by atoms with Gasteiger partial charge < -0.3 is 4.90 Å². The molecule has 2 heterocycles. The Kier molecular flexibility index (Phi) is 3.92. The Morgan fingerprint density at radius 3 is 2.30 bits per heavy atom. The molecule has 9 heteroatoms. The van der Waals surface area contributed by atoms with E-state index in [2.05, 4.69) is 4.98 Å². The molecule has 0 bridgehead atoms. The van der Waals surface area contributed by atoms with Crippen molar-refractivity contribution < 1.29 is 21.6 Å². The van der Waals surface area contributed by atoms with E-state index in [-0.39, 0.29) is 32.0 Å². The van der Waals surface area contributed by atoms with Crippen LogP contribution in [0.2, 0.25) is 0 Å². The summed E-state index contributed by atoms with van der Waals surface area (Å²) in [5.74, 6) is -0.145. The van der Waals surface area contributed by atoms with Crippen LogP contribution in [-0.2, 0) is 16.2 Å². The van der Waals surface area contributed by atoms with Gasteiger partial charge in [0.15, 0.2) is 0 Å². The Morgan fingerprint density at radius 2 is 1.80 bits per heavy atom. The van der Waals surface area contributed by atoms with Gasteiger partial charge in [-0.05, 0) is 12.1 Å². The zero-order valence-corrected chi connectivity index (χ0v) is 11.6. The summed E-state index contributed by atoms with van der Waals surface area (Å²) in [5.41, 5.74) is -0.798. The number of pyridine rings is 1. The highest BCUT2D eigenvalue weighted by molar-refractivity contribution is 7.88. The van der Waals surface area contributed by atoms with E-state index >= 15 is 0 Å². The molecule has 0 N–H and O–H groups in total. The third-order valence-corrected chi connectivity index (χ3v) is 4.40. The van der Waals surface area contributed by atoms with Gasteiger partial charge in [0.1, 0.15) is 5.82 Å². The van der Waals surface area contributed by atoms with Gasteiger partial charge in [0.05, 0.1) is 11.8 Å². The number of rotatable bonds is 2. The molecule has 1 saturated heterocycles. The molecule has 0 spiro atoms. The molecule has 5 nitrogen and oxygen atoms in total. The lowest BCUT2D eigenvalue weighted by atomic mass is 10.2. The second kappa shape index (κ2) is 5.21. The summed E-state index contributed by atoms with van der Waals surface area (Å²) >= 11 is 0. The average Bonchev–Trinajstić information content (AvgIpc) is 2.37. The van der Waals surface area contributed by atoms with E-state index in [1.54, 1.807) is 0 Å². The van der Waals surface area contributed by atoms with Crippen molar-refractivity contribution in [2.45, 2.75) is 6.18 Å². The number of aromatic nitrogens is 1. The summed E-state index contributed by atoms with van der Waals surface area (Å²) in [6, 6.07) is 2.21. The molecule has 1 aliphatic rings. The highest BCUT2D eigenvalue weighted by atomic mass is 32.2. The molecule has 0 amide bonds. The Bertz CT molecular complexity index is 581. The molecule has 2 rings (SSSR count). The molecule has 0 aromatic carbocycles. The lowest BCUT2D eigenvalue weighted by molar-refractivity contribution is -0.137. The predicted octanol–water partition coefficient (Wildman–Crippen LogP) is 1.18. The van der Waals surface area contributed by atoms with Crippen LogP contribution in [-0.4, -0.2) is 50.1 Å². The van der Waals surface area contributed by atoms with Crippen molar-refractivity contribution in [2.75, 3.05) is 37.3 Å². The van der Waals surface area contributed by atoms with E-state index in [0.29, 0.717) is 0 Å². The molecular formula is C11H14F3N3O2S. The highest BCUT2D eigenvalue weighted by Gasteiger charge is 2.36. The van der Waals surface area contributed by atoms with E-state index in [1.165, 1.54) is 21.5 Å². The Hall–Kier alpha value is -1.35. The number of sulfonamides is 1. The molecule has 0 unspecified atom stereocenters. The van der Waals surface area contributed by atoms with E-state index < -0.39 is 21.8 Å². The van der Waals surface area contributed by atoms with Gasteiger partial charge in [-0.1, -0.05) is 0 Å². The van der Waals surface area contributed by atoms with Crippen LogP contribution in [0.25, 0.3) is 0 Å². The highest BCUT2D eigenvalue weighted by Crippen LogP contribution is 2.35. The van der Waals surface area contributed by atoms with Gasteiger partial charge in [0.25, 0.3) is 0 Å². The summed E-state index contributed by atoms with van der Waals surface area (Å²) < 4.78 is 62.7. The minimum absolute atomic E-state index is 0.145. The summed E-state index contributed by atoms with van der Waals surface area (Å²) in [6.07, 6.45) is -2.09. The van der Waals surface area contributed by atoms with Gasteiger partial charge in [0.2, 0.25) is 10.0 Å². The lowest BCUT2D eigenvalue weighted by Gasteiger charge is -2.35. The third kappa shape index (κ3) is 3.21. The topological polar surface area (TPSA) is 53.5 Å². The first-order valence-corrected chi connectivity index (χ1v) is 7.77. The monoisotopic (exact) mass is 309 g/mol. The quantitative estimate of drug-likeness (QED) is 0.823. The first-order valence-electron chi connectivity index (χ1n) is 5.92. The predicted molar refractivity (Wildman–Crippen MR) is 67.9 cm³/mol. The molecular weight excluding hydrogens is 295 g/mol. The minimum atomic E-state index is -4.47. The first-order chi connectivity index (χ1) is 9.19.